The van der Waals surface area contributed by atoms with Gasteiger partial charge in [-0.1, -0.05) is 13.2 Å². The molecule has 0 saturated heterocycles. The molecule has 0 atom stereocenters. The van der Waals surface area contributed by atoms with Gasteiger partial charge in [-0.2, -0.15) is 5.11 Å². The Hall–Kier alpha value is -1.16. The Labute approximate surface area is 73.9 Å². The Bertz CT molecular complexity index is 183. The van der Waals surface area contributed by atoms with E-state index in [1.165, 1.54) is 6.20 Å². The normalized spacial score (nSPS) is 10.7. The lowest BCUT2D eigenvalue weighted by atomic mass is 10.6. The SMILES string of the molecule is C=CN=NC(=C)N(CC)N(C)C. The second-order valence-corrected chi connectivity index (χ2v) is 2.38. The lowest BCUT2D eigenvalue weighted by molar-refractivity contribution is 0.0703. The van der Waals surface area contributed by atoms with Crippen molar-refractivity contribution in [1.29, 1.82) is 0 Å². The van der Waals surface area contributed by atoms with E-state index in [1.807, 2.05) is 31.0 Å². The highest BCUT2D eigenvalue weighted by atomic mass is 15.6. The molecule has 0 saturated carbocycles. The van der Waals surface area contributed by atoms with E-state index in [-0.39, 0.29) is 0 Å². The van der Waals surface area contributed by atoms with E-state index in [2.05, 4.69) is 23.4 Å². The van der Waals surface area contributed by atoms with Crippen LogP contribution in [0.4, 0.5) is 0 Å². The molecule has 0 aliphatic heterocycles. The molecule has 4 heteroatoms. The van der Waals surface area contributed by atoms with Gasteiger partial charge in [0.05, 0.1) is 0 Å². The summed E-state index contributed by atoms with van der Waals surface area (Å²) in [6.07, 6.45) is 1.38. The van der Waals surface area contributed by atoms with Crippen LogP contribution in [0.2, 0.25) is 0 Å². The molecule has 0 heterocycles. The van der Waals surface area contributed by atoms with Gasteiger partial charge >= 0.3 is 0 Å². The molecule has 0 radical (unpaired) electrons. The van der Waals surface area contributed by atoms with E-state index in [4.69, 9.17) is 0 Å². The van der Waals surface area contributed by atoms with Crippen molar-refractivity contribution in [2.24, 2.45) is 10.2 Å². The van der Waals surface area contributed by atoms with Crippen LogP contribution in [0.3, 0.4) is 0 Å². The summed E-state index contributed by atoms with van der Waals surface area (Å²) in [7, 11) is 3.86. The van der Waals surface area contributed by atoms with E-state index in [0.717, 1.165) is 6.54 Å². The Morgan fingerprint density at radius 2 is 2.08 bits per heavy atom. The van der Waals surface area contributed by atoms with Gasteiger partial charge in [-0.3, -0.25) is 5.01 Å². The van der Waals surface area contributed by atoms with E-state index in [9.17, 15) is 0 Å². The predicted molar refractivity (Wildman–Crippen MR) is 50.3 cm³/mol. The van der Waals surface area contributed by atoms with Gasteiger partial charge in [-0.15, -0.1) is 5.11 Å². The van der Waals surface area contributed by atoms with Crippen molar-refractivity contribution in [3.8, 4) is 0 Å². The number of rotatable bonds is 5. The van der Waals surface area contributed by atoms with Crippen molar-refractivity contribution in [2.45, 2.75) is 6.92 Å². The summed E-state index contributed by atoms with van der Waals surface area (Å²) in [5.74, 6) is 0.613. The summed E-state index contributed by atoms with van der Waals surface area (Å²) < 4.78 is 0. The Morgan fingerprint density at radius 1 is 1.50 bits per heavy atom. The second kappa shape index (κ2) is 5.49. The van der Waals surface area contributed by atoms with Gasteiger partial charge in [0, 0.05) is 26.8 Å². The standard InChI is InChI=1S/C8H16N4/c1-6-9-10-8(3)12(7-2)11(4)5/h6H,1,3,7H2,2,4-5H3. The largest absolute Gasteiger partial charge is 0.289 e. The number of azo groups is 1. The van der Waals surface area contributed by atoms with E-state index < -0.39 is 0 Å². The molecule has 0 spiro atoms. The lowest BCUT2D eigenvalue weighted by Crippen LogP contribution is -2.34. The summed E-state index contributed by atoms with van der Waals surface area (Å²) in [5, 5.41) is 11.3. The van der Waals surface area contributed by atoms with Gasteiger partial charge in [0.15, 0.2) is 5.82 Å². The molecule has 4 nitrogen and oxygen atoms in total. The van der Waals surface area contributed by atoms with E-state index in [1.54, 1.807) is 0 Å². The second-order valence-electron chi connectivity index (χ2n) is 2.38. The Balaban J connectivity index is 4.21. The molecule has 68 valence electrons. The van der Waals surface area contributed by atoms with Gasteiger partial charge < -0.3 is 0 Å². The molecular formula is C8H16N4. The minimum atomic E-state index is 0.613. The average molecular weight is 168 g/mol. The van der Waals surface area contributed by atoms with E-state index >= 15 is 0 Å². The Kier molecular flexibility index (Phi) is 4.96. The van der Waals surface area contributed by atoms with Crippen LogP contribution in [0.5, 0.6) is 0 Å². The maximum Gasteiger partial charge on any atom is 0.158 e. The summed E-state index contributed by atoms with van der Waals surface area (Å²) in [5.41, 5.74) is 0. The maximum absolute atomic E-state index is 3.83. The van der Waals surface area contributed by atoms with Gasteiger partial charge in [0.2, 0.25) is 0 Å². The monoisotopic (exact) mass is 168 g/mol. The maximum atomic E-state index is 3.83. The molecule has 0 rings (SSSR count). The third kappa shape index (κ3) is 3.30. The molecule has 0 bridgehead atoms. The first-order valence-electron chi connectivity index (χ1n) is 3.78. The van der Waals surface area contributed by atoms with Crippen LogP contribution in [-0.4, -0.2) is 30.7 Å². The molecule has 0 fully saturated rings. The van der Waals surface area contributed by atoms with Crippen LogP contribution in [0.1, 0.15) is 6.92 Å². The van der Waals surface area contributed by atoms with Crippen LogP contribution in [0, 0.1) is 0 Å². The predicted octanol–water partition coefficient (Wildman–Crippen LogP) is 1.85. The minimum absolute atomic E-state index is 0.613. The number of hydrogen-bond donors (Lipinski definition) is 0. The van der Waals surface area contributed by atoms with Crippen molar-refractivity contribution in [2.75, 3.05) is 20.6 Å². The van der Waals surface area contributed by atoms with Crippen LogP contribution in [-0.2, 0) is 0 Å². The van der Waals surface area contributed by atoms with Crippen molar-refractivity contribution < 1.29 is 0 Å². The third-order valence-electron chi connectivity index (χ3n) is 1.34. The summed E-state index contributed by atoms with van der Waals surface area (Å²) in [6.45, 7) is 10.0. The van der Waals surface area contributed by atoms with Gasteiger partial charge in [0.1, 0.15) is 0 Å². The molecule has 0 aliphatic carbocycles. The highest BCUT2D eigenvalue weighted by molar-refractivity contribution is 4.87. The molecule has 0 aromatic carbocycles. The zero-order valence-corrected chi connectivity index (χ0v) is 7.99. The van der Waals surface area contributed by atoms with Crippen molar-refractivity contribution in [1.82, 2.24) is 10.0 Å². The van der Waals surface area contributed by atoms with Crippen LogP contribution in [0.25, 0.3) is 0 Å². The third-order valence-corrected chi connectivity index (χ3v) is 1.34. The number of nitrogens with zero attached hydrogens (tertiary/aromatic N) is 4. The van der Waals surface area contributed by atoms with Crippen molar-refractivity contribution >= 4 is 0 Å². The molecule has 0 aliphatic rings. The highest BCUT2D eigenvalue weighted by Crippen LogP contribution is 2.04. The lowest BCUT2D eigenvalue weighted by Gasteiger charge is -2.28. The number of hydrazine groups is 1. The summed E-state index contributed by atoms with van der Waals surface area (Å²) >= 11 is 0. The average Bonchev–Trinajstić information content (AvgIpc) is 2.01. The van der Waals surface area contributed by atoms with Crippen LogP contribution < -0.4 is 0 Å². The fourth-order valence-electron chi connectivity index (χ4n) is 0.855. The van der Waals surface area contributed by atoms with Gasteiger partial charge in [0.25, 0.3) is 0 Å². The van der Waals surface area contributed by atoms with E-state index in [0.29, 0.717) is 5.82 Å². The van der Waals surface area contributed by atoms with Gasteiger partial charge in [-0.25, -0.2) is 5.01 Å². The highest BCUT2D eigenvalue weighted by Gasteiger charge is 2.05. The summed E-state index contributed by atoms with van der Waals surface area (Å²) in [6, 6.07) is 0. The van der Waals surface area contributed by atoms with Crippen LogP contribution in [0.15, 0.2) is 35.4 Å². The minimum Gasteiger partial charge on any atom is -0.289 e. The fraction of sp³-hybridized carbons (Fsp3) is 0.500. The quantitative estimate of drug-likeness (QED) is 0.463. The topological polar surface area (TPSA) is 31.2 Å². The fourth-order valence-corrected chi connectivity index (χ4v) is 0.855. The number of hydrogen-bond acceptors (Lipinski definition) is 4. The smallest absolute Gasteiger partial charge is 0.158 e. The molecular weight excluding hydrogens is 152 g/mol. The molecule has 0 N–H and O–H groups in total. The first kappa shape index (κ1) is 10.8. The van der Waals surface area contributed by atoms with Crippen LogP contribution >= 0.6 is 0 Å². The van der Waals surface area contributed by atoms with Crippen molar-refractivity contribution in [3.05, 3.63) is 25.2 Å². The molecule has 12 heavy (non-hydrogen) atoms. The molecule has 0 amide bonds. The molecule has 0 aromatic heterocycles. The zero-order valence-electron chi connectivity index (χ0n) is 7.99. The Morgan fingerprint density at radius 3 is 2.42 bits per heavy atom. The summed E-state index contributed by atoms with van der Waals surface area (Å²) in [4.78, 5) is 0. The van der Waals surface area contributed by atoms with Gasteiger partial charge in [-0.05, 0) is 6.92 Å². The first-order chi connectivity index (χ1) is 5.63. The van der Waals surface area contributed by atoms with Crippen molar-refractivity contribution in [3.63, 3.8) is 0 Å². The molecule has 0 aromatic rings. The zero-order chi connectivity index (χ0) is 9.56. The first-order valence-corrected chi connectivity index (χ1v) is 3.78. The molecule has 0 unspecified atom stereocenters.